The Hall–Kier alpha value is -2.32. The number of sulfone groups is 1. The van der Waals surface area contributed by atoms with Gasteiger partial charge in [-0.1, -0.05) is 18.5 Å². The molecule has 0 radical (unpaired) electrons. The number of alkyl halides is 3. The van der Waals surface area contributed by atoms with Gasteiger partial charge in [-0.25, -0.2) is 8.42 Å². The summed E-state index contributed by atoms with van der Waals surface area (Å²) in [4.78, 5) is 13.2. The third-order valence-corrected chi connectivity index (χ3v) is 6.34. The van der Waals surface area contributed by atoms with Crippen molar-refractivity contribution in [3.8, 4) is 0 Å². The molecule has 30 heavy (non-hydrogen) atoms. The minimum absolute atomic E-state index is 0.0146. The molecule has 4 nitrogen and oxygen atoms in total. The van der Waals surface area contributed by atoms with Crippen molar-refractivity contribution in [2.24, 2.45) is 0 Å². The molecule has 1 aliphatic heterocycles. The topological polar surface area (TPSA) is 60.4 Å². The largest absolute Gasteiger partial charge is 0.478 e. The Morgan fingerprint density at radius 1 is 1.07 bits per heavy atom. The first-order valence-electron chi connectivity index (χ1n) is 8.93. The van der Waals surface area contributed by atoms with E-state index in [0.717, 1.165) is 18.4 Å². The zero-order valence-corrected chi connectivity index (χ0v) is 17.9. The first-order chi connectivity index (χ1) is 13.8. The molecule has 0 saturated heterocycles. The van der Waals surface area contributed by atoms with E-state index in [4.69, 9.17) is 16.3 Å². The average Bonchev–Trinajstić information content (AvgIpc) is 2.92. The van der Waals surface area contributed by atoms with Gasteiger partial charge in [-0.15, -0.1) is 0 Å². The van der Waals surface area contributed by atoms with Gasteiger partial charge in [0.25, 0.3) is 0 Å². The predicted molar refractivity (Wildman–Crippen MR) is 108 cm³/mol. The number of halogens is 4. The van der Waals surface area contributed by atoms with Crippen LogP contribution in [0.15, 0.2) is 47.4 Å². The zero-order chi connectivity index (χ0) is 22.5. The maximum atomic E-state index is 13.3. The molecule has 3 rings (SSSR count). The summed E-state index contributed by atoms with van der Waals surface area (Å²) in [6.45, 7) is 3.28. The molecule has 2 aromatic rings. The third-order valence-electron chi connectivity index (χ3n) is 4.99. The van der Waals surface area contributed by atoms with E-state index in [1.807, 2.05) is 0 Å². The van der Waals surface area contributed by atoms with Crippen LogP contribution in [0.5, 0.6) is 0 Å². The van der Waals surface area contributed by atoms with Crippen molar-refractivity contribution in [3.05, 3.63) is 64.2 Å². The molecule has 0 N–H and O–H groups in total. The summed E-state index contributed by atoms with van der Waals surface area (Å²) in [7, 11) is -3.44. The van der Waals surface area contributed by atoms with Crippen LogP contribution in [0.3, 0.4) is 0 Å². The van der Waals surface area contributed by atoms with E-state index >= 15 is 0 Å². The van der Waals surface area contributed by atoms with Crippen molar-refractivity contribution in [2.75, 3.05) is 6.26 Å². The van der Waals surface area contributed by atoms with Gasteiger partial charge in [-0.05, 0) is 61.4 Å². The number of hydrogen-bond acceptors (Lipinski definition) is 4. The van der Waals surface area contributed by atoms with Crippen LogP contribution in [0.25, 0.3) is 11.3 Å². The standard InChI is InChI=1S/C21H18ClF3O4S/c1-4-20(2)19(26)17(13-9-14(21(23,24)25)11-15(22)10-13)18(29-20)12-5-7-16(8-6-12)30(3,27)28/h5-11H,4H2,1-3H3. The minimum Gasteiger partial charge on any atom is -0.478 e. The zero-order valence-electron chi connectivity index (χ0n) is 16.3. The van der Waals surface area contributed by atoms with Crippen molar-refractivity contribution in [1.29, 1.82) is 0 Å². The van der Waals surface area contributed by atoms with Crippen LogP contribution < -0.4 is 0 Å². The first kappa shape index (κ1) is 22.4. The van der Waals surface area contributed by atoms with Crippen LogP contribution in [0.1, 0.15) is 37.0 Å². The van der Waals surface area contributed by atoms with Gasteiger partial charge >= 0.3 is 6.18 Å². The van der Waals surface area contributed by atoms with E-state index < -0.39 is 33.0 Å². The summed E-state index contributed by atoms with van der Waals surface area (Å²) in [5.41, 5.74) is -1.92. The molecule has 1 heterocycles. The molecule has 0 spiro atoms. The number of ether oxygens (including phenoxy) is 1. The first-order valence-corrected chi connectivity index (χ1v) is 11.2. The molecule has 0 bridgehead atoms. The quantitative estimate of drug-likeness (QED) is 0.615. The Kier molecular flexibility index (Phi) is 5.54. The number of carbonyl (C=O) groups excluding carboxylic acids is 1. The number of hydrogen-bond donors (Lipinski definition) is 0. The minimum atomic E-state index is -4.64. The number of ketones is 1. The van der Waals surface area contributed by atoms with E-state index in [1.165, 1.54) is 30.3 Å². The second-order valence-corrected chi connectivity index (χ2v) is 9.69. The Morgan fingerprint density at radius 3 is 2.17 bits per heavy atom. The molecule has 2 aromatic carbocycles. The van der Waals surface area contributed by atoms with Crippen LogP contribution in [0.4, 0.5) is 13.2 Å². The monoisotopic (exact) mass is 458 g/mol. The molecule has 1 atom stereocenters. The second-order valence-electron chi connectivity index (χ2n) is 7.24. The third kappa shape index (κ3) is 4.11. The SMILES string of the molecule is CCC1(C)OC(c2ccc(S(C)(=O)=O)cc2)=C(c2cc(Cl)cc(C(F)(F)F)c2)C1=O. The summed E-state index contributed by atoms with van der Waals surface area (Å²) in [6, 6.07) is 8.53. The molecule has 0 saturated carbocycles. The van der Waals surface area contributed by atoms with Gasteiger partial charge in [0, 0.05) is 16.8 Å². The fourth-order valence-electron chi connectivity index (χ4n) is 3.14. The summed E-state index contributed by atoms with van der Waals surface area (Å²) in [5, 5.41) is -0.169. The van der Waals surface area contributed by atoms with Gasteiger partial charge in [0.1, 0.15) is 5.76 Å². The van der Waals surface area contributed by atoms with Gasteiger partial charge in [0.15, 0.2) is 15.4 Å². The maximum Gasteiger partial charge on any atom is 0.416 e. The fraction of sp³-hybridized carbons (Fsp3) is 0.286. The molecule has 0 aliphatic carbocycles. The molecular weight excluding hydrogens is 441 g/mol. The van der Waals surface area contributed by atoms with Gasteiger partial charge in [0.2, 0.25) is 5.78 Å². The summed E-state index contributed by atoms with van der Waals surface area (Å²) >= 11 is 5.91. The number of Topliss-reactive ketones (excluding diaryl/α,β-unsaturated/α-hetero) is 1. The molecule has 0 aromatic heterocycles. The van der Waals surface area contributed by atoms with Gasteiger partial charge < -0.3 is 4.74 Å². The second kappa shape index (κ2) is 7.42. The lowest BCUT2D eigenvalue weighted by molar-refractivity contribution is -0.137. The highest BCUT2D eigenvalue weighted by molar-refractivity contribution is 7.90. The van der Waals surface area contributed by atoms with Crippen molar-refractivity contribution >= 4 is 38.6 Å². The van der Waals surface area contributed by atoms with Crippen LogP contribution in [-0.4, -0.2) is 26.1 Å². The highest BCUT2D eigenvalue weighted by Gasteiger charge is 2.45. The van der Waals surface area contributed by atoms with E-state index in [0.29, 0.717) is 5.56 Å². The number of carbonyl (C=O) groups is 1. The Morgan fingerprint density at radius 2 is 1.67 bits per heavy atom. The molecule has 9 heteroatoms. The van der Waals surface area contributed by atoms with E-state index in [1.54, 1.807) is 13.8 Å². The summed E-state index contributed by atoms with van der Waals surface area (Å²) < 4.78 is 69.2. The van der Waals surface area contributed by atoms with Crippen molar-refractivity contribution in [2.45, 2.75) is 36.9 Å². The maximum absolute atomic E-state index is 13.3. The molecule has 0 amide bonds. The normalized spacial score (nSPS) is 19.9. The van der Waals surface area contributed by atoms with Crippen molar-refractivity contribution in [1.82, 2.24) is 0 Å². The van der Waals surface area contributed by atoms with Gasteiger partial charge in [0.05, 0.1) is 16.0 Å². The molecular formula is C21H18ClF3O4S. The van der Waals surface area contributed by atoms with E-state index in [9.17, 15) is 26.4 Å². The fourth-order valence-corrected chi connectivity index (χ4v) is 4.01. The predicted octanol–water partition coefficient (Wildman–Crippen LogP) is 5.40. The van der Waals surface area contributed by atoms with E-state index in [2.05, 4.69) is 0 Å². The highest BCUT2D eigenvalue weighted by Crippen LogP contribution is 2.44. The highest BCUT2D eigenvalue weighted by atomic mass is 35.5. The van der Waals surface area contributed by atoms with Gasteiger partial charge in [-0.2, -0.15) is 13.2 Å². The van der Waals surface area contributed by atoms with Crippen molar-refractivity contribution < 1.29 is 31.1 Å². The van der Waals surface area contributed by atoms with E-state index in [-0.39, 0.29) is 33.2 Å². The van der Waals surface area contributed by atoms with Crippen molar-refractivity contribution in [3.63, 3.8) is 0 Å². The van der Waals surface area contributed by atoms with Crippen LogP contribution in [0.2, 0.25) is 5.02 Å². The lowest BCUT2D eigenvalue weighted by atomic mass is 9.89. The number of benzene rings is 2. The lowest BCUT2D eigenvalue weighted by Gasteiger charge is -2.21. The molecule has 1 aliphatic rings. The summed E-state index contributed by atoms with van der Waals surface area (Å²) in [5.74, 6) is -0.387. The smallest absolute Gasteiger partial charge is 0.416 e. The number of rotatable bonds is 4. The summed E-state index contributed by atoms with van der Waals surface area (Å²) in [6.07, 6.45) is -3.30. The Balaban J connectivity index is 2.24. The van der Waals surface area contributed by atoms with Gasteiger partial charge in [-0.3, -0.25) is 4.79 Å². The van der Waals surface area contributed by atoms with Crippen LogP contribution in [-0.2, 0) is 25.5 Å². The molecule has 0 fully saturated rings. The van der Waals surface area contributed by atoms with Crippen LogP contribution in [0, 0.1) is 0 Å². The molecule has 1 unspecified atom stereocenters. The lowest BCUT2D eigenvalue weighted by Crippen LogP contribution is -2.32. The Labute approximate surface area is 177 Å². The average molecular weight is 459 g/mol. The van der Waals surface area contributed by atoms with Crippen LogP contribution >= 0.6 is 11.6 Å². The Bertz CT molecular complexity index is 1150. The molecule has 160 valence electrons.